The molecule has 1 heterocycles. The van der Waals surface area contributed by atoms with Gasteiger partial charge in [-0.05, 0) is 35.4 Å². The van der Waals surface area contributed by atoms with E-state index in [1.807, 2.05) is 6.07 Å². The second-order valence-corrected chi connectivity index (χ2v) is 6.30. The number of rotatable bonds is 4. The van der Waals surface area contributed by atoms with Gasteiger partial charge < -0.3 is 9.47 Å². The van der Waals surface area contributed by atoms with E-state index in [0.717, 1.165) is 5.56 Å². The molecule has 3 rings (SSSR count). The van der Waals surface area contributed by atoms with E-state index in [2.05, 4.69) is 0 Å². The standard InChI is InChI=1S/C18H14Cl2O4/c19-13-5-1-3-11(7-13)16-10-23-17(18(24-16)15(22)9-21)12-4-2-6-14(20)8-12/h1-9,16-18H,10H2. The largest absolute Gasteiger partial charge is 0.367 e. The minimum absolute atomic E-state index is 0.236. The third-order valence-electron chi connectivity index (χ3n) is 3.81. The van der Waals surface area contributed by atoms with Crippen molar-refractivity contribution >= 4 is 35.3 Å². The molecule has 1 saturated heterocycles. The molecule has 1 aliphatic rings. The molecule has 0 aliphatic carbocycles. The molecule has 0 bridgehead atoms. The summed E-state index contributed by atoms with van der Waals surface area (Å²) in [7, 11) is 0. The van der Waals surface area contributed by atoms with Gasteiger partial charge in [0.15, 0.2) is 12.4 Å². The SMILES string of the molecule is O=CC(=O)C1OC(c2cccc(Cl)c2)COC1c1cccc(Cl)c1. The Balaban J connectivity index is 1.88. The van der Waals surface area contributed by atoms with Gasteiger partial charge in [0, 0.05) is 10.0 Å². The fourth-order valence-electron chi connectivity index (χ4n) is 2.69. The average Bonchev–Trinajstić information content (AvgIpc) is 2.60. The maximum atomic E-state index is 12.0. The Morgan fingerprint density at radius 2 is 1.67 bits per heavy atom. The van der Waals surface area contributed by atoms with E-state index in [-0.39, 0.29) is 12.9 Å². The van der Waals surface area contributed by atoms with Crippen LogP contribution in [0.3, 0.4) is 0 Å². The minimum atomic E-state index is -1.03. The van der Waals surface area contributed by atoms with Crippen LogP contribution in [-0.4, -0.2) is 24.8 Å². The number of aldehydes is 1. The molecule has 3 unspecified atom stereocenters. The van der Waals surface area contributed by atoms with Crippen molar-refractivity contribution in [2.24, 2.45) is 0 Å². The molecule has 0 aromatic heterocycles. The summed E-state index contributed by atoms with van der Waals surface area (Å²) >= 11 is 12.0. The van der Waals surface area contributed by atoms with Crippen LogP contribution in [0.2, 0.25) is 10.0 Å². The first-order chi connectivity index (χ1) is 11.6. The lowest BCUT2D eigenvalue weighted by atomic mass is 9.98. The highest BCUT2D eigenvalue weighted by Crippen LogP contribution is 2.36. The summed E-state index contributed by atoms with van der Waals surface area (Å²) in [5.41, 5.74) is 1.47. The zero-order chi connectivity index (χ0) is 17.1. The summed E-state index contributed by atoms with van der Waals surface area (Å²) in [5, 5.41) is 1.08. The van der Waals surface area contributed by atoms with Crippen LogP contribution < -0.4 is 0 Å². The van der Waals surface area contributed by atoms with Gasteiger partial charge in [0.2, 0.25) is 5.78 Å². The Morgan fingerprint density at radius 3 is 2.29 bits per heavy atom. The van der Waals surface area contributed by atoms with Crippen molar-refractivity contribution in [1.29, 1.82) is 0 Å². The van der Waals surface area contributed by atoms with E-state index in [1.165, 1.54) is 0 Å². The molecule has 6 heteroatoms. The van der Waals surface area contributed by atoms with E-state index in [9.17, 15) is 9.59 Å². The summed E-state index contributed by atoms with van der Waals surface area (Å²) in [6, 6.07) is 14.1. The molecule has 1 aliphatic heterocycles. The van der Waals surface area contributed by atoms with Crippen LogP contribution in [0.15, 0.2) is 48.5 Å². The molecular formula is C18H14Cl2O4. The van der Waals surface area contributed by atoms with Gasteiger partial charge in [-0.1, -0.05) is 47.5 Å². The number of hydrogen-bond donors (Lipinski definition) is 0. The molecule has 0 radical (unpaired) electrons. The predicted molar refractivity (Wildman–Crippen MR) is 90.3 cm³/mol. The number of carbonyl (C=O) groups excluding carboxylic acids is 2. The van der Waals surface area contributed by atoms with Gasteiger partial charge >= 0.3 is 0 Å². The van der Waals surface area contributed by atoms with Crippen LogP contribution in [0, 0.1) is 0 Å². The second-order valence-electron chi connectivity index (χ2n) is 5.43. The van der Waals surface area contributed by atoms with Crippen molar-refractivity contribution in [2.75, 3.05) is 6.61 Å². The third kappa shape index (κ3) is 3.68. The summed E-state index contributed by atoms with van der Waals surface area (Å²) < 4.78 is 11.7. The molecule has 124 valence electrons. The third-order valence-corrected chi connectivity index (χ3v) is 4.28. The zero-order valence-corrected chi connectivity index (χ0v) is 14.0. The first-order valence-electron chi connectivity index (χ1n) is 7.35. The summed E-state index contributed by atoms with van der Waals surface area (Å²) in [6.45, 7) is 0.236. The topological polar surface area (TPSA) is 52.6 Å². The lowest BCUT2D eigenvalue weighted by molar-refractivity contribution is -0.190. The Labute approximate surface area is 149 Å². The molecule has 4 nitrogen and oxygen atoms in total. The van der Waals surface area contributed by atoms with Gasteiger partial charge in [0.1, 0.15) is 12.2 Å². The number of ether oxygens (including phenoxy) is 2. The maximum absolute atomic E-state index is 12.0. The highest BCUT2D eigenvalue weighted by molar-refractivity contribution is 6.31. The van der Waals surface area contributed by atoms with E-state index >= 15 is 0 Å². The molecule has 0 N–H and O–H groups in total. The average molecular weight is 365 g/mol. The quantitative estimate of drug-likeness (QED) is 0.608. The fourth-order valence-corrected chi connectivity index (χ4v) is 3.08. The van der Waals surface area contributed by atoms with Gasteiger partial charge in [0.05, 0.1) is 6.61 Å². The first-order valence-corrected chi connectivity index (χ1v) is 8.11. The van der Waals surface area contributed by atoms with Gasteiger partial charge in [-0.3, -0.25) is 9.59 Å². The number of ketones is 1. The summed E-state index contributed by atoms with van der Waals surface area (Å²) in [5.74, 6) is -0.674. The Hall–Kier alpha value is -1.72. The highest BCUT2D eigenvalue weighted by Gasteiger charge is 2.38. The van der Waals surface area contributed by atoms with Crippen LogP contribution in [0.4, 0.5) is 0 Å². The summed E-state index contributed by atoms with van der Waals surface area (Å²) in [4.78, 5) is 23.1. The number of benzene rings is 2. The zero-order valence-electron chi connectivity index (χ0n) is 12.5. The monoisotopic (exact) mass is 364 g/mol. The molecule has 2 aromatic carbocycles. The van der Waals surface area contributed by atoms with E-state index in [0.29, 0.717) is 15.6 Å². The van der Waals surface area contributed by atoms with E-state index in [4.69, 9.17) is 32.7 Å². The molecular weight excluding hydrogens is 351 g/mol. The number of Topliss-reactive ketones (excluding diaryl/α,β-unsaturated/α-hetero) is 1. The Kier molecular flexibility index (Phi) is 5.31. The predicted octanol–water partition coefficient (Wildman–Crippen LogP) is 3.96. The van der Waals surface area contributed by atoms with Gasteiger partial charge in [-0.15, -0.1) is 0 Å². The normalized spacial score (nSPS) is 23.7. The minimum Gasteiger partial charge on any atom is -0.367 e. The number of hydrogen-bond acceptors (Lipinski definition) is 4. The highest BCUT2D eigenvalue weighted by atomic mass is 35.5. The molecule has 3 atom stereocenters. The van der Waals surface area contributed by atoms with Crippen molar-refractivity contribution in [3.63, 3.8) is 0 Å². The molecule has 1 fully saturated rings. The van der Waals surface area contributed by atoms with Crippen molar-refractivity contribution in [3.8, 4) is 0 Å². The number of halogens is 2. The van der Waals surface area contributed by atoms with Crippen molar-refractivity contribution < 1.29 is 19.1 Å². The fraction of sp³-hybridized carbons (Fsp3) is 0.222. The van der Waals surface area contributed by atoms with Crippen molar-refractivity contribution in [2.45, 2.75) is 18.3 Å². The van der Waals surface area contributed by atoms with Crippen molar-refractivity contribution in [1.82, 2.24) is 0 Å². The molecule has 0 spiro atoms. The maximum Gasteiger partial charge on any atom is 0.226 e. The van der Waals surface area contributed by atoms with Crippen LogP contribution in [-0.2, 0) is 19.1 Å². The Bertz CT molecular complexity index is 762. The van der Waals surface area contributed by atoms with E-state index in [1.54, 1.807) is 42.5 Å². The van der Waals surface area contributed by atoms with Crippen LogP contribution >= 0.6 is 23.2 Å². The van der Waals surface area contributed by atoms with Crippen molar-refractivity contribution in [3.05, 3.63) is 69.7 Å². The molecule has 0 saturated carbocycles. The molecule has 24 heavy (non-hydrogen) atoms. The summed E-state index contributed by atoms with van der Waals surface area (Å²) in [6.07, 6.45) is -1.94. The van der Waals surface area contributed by atoms with Crippen LogP contribution in [0.1, 0.15) is 23.3 Å². The van der Waals surface area contributed by atoms with Gasteiger partial charge in [-0.25, -0.2) is 0 Å². The molecule has 2 aromatic rings. The lowest BCUT2D eigenvalue weighted by Crippen LogP contribution is -2.40. The van der Waals surface area contributed by atoms with Crippen LogP contribution in [0.5, 0.6) is 0 Å². The number of carbonyl (C=O) groups is 2. The van der Waals surface area contributed by atoms with Gasteiger partial charge in [0.25, 0.3) is 0 Å². The smallest absolute Gasteiger partial charge is 0.226 e. The second kappa shape index (κ2) is 7.45. The van der Waals surface area contributed by atoms with E-state index < -0.39 is 24.1 Å². The Morgan fingerprint density at radius 1 is 1.04 bits per heavy atom. The lowest BCUT2D eigenvalue weighted by Gasteiger charge is -2.35. The first kappa shape index (κ1) is 17.1. The molecule has 0 amide bonds. The van der Waals surface area contributed by atoms with Gasteiger partial charge in [-0.2, -0.15) is 0 Å². The van der Waals surface area contributed by atoms with Crippen LogP contribution in [0.25, 0.3) is 0 Å².